The lowest BCUT2D eigenvalue weighted by Gasteiger charge is -2.09. The summed E-state index contributed by atoms with van der Waals surface area (Å²) in [6, 6.07) is 1.98. The van der Waals surface area contributed by atoms with E-state index in [1.54, 1.807) is 18.9 Å². The molecule has 1 aromatic heterocycles. The van der Waals surface area contributed by atoms with Gasteiger partial charge in [0.25, 0.3) is 0 Å². The molecule has 0 saturated carbocycles. The molecule has 6 heteroatoms. The van der Waals surface area contributed by atoms with E-state index in [-0.39, 0.29) is 0 Å². The predicted molar refractivity (Wildman–Crippen MR) is 78.7 cm³/mol. The minimum Gasteiger partial charge on any atom is -0.384 e. The van der Waals surface area contributed by atoms with Crippen LogP contribution < -0.4 is 5.32 Å². The van der Waals surface area contributed by atoms with E-state index in [1.807, 2.05) is 13.0 Å². The number of nitrogens with one attached hydrogen (secondary N) is 1. The predicted octanol–water partition coefficient (Wildman–Crippen LogP) is 2.57. The van der Waals surface area contributed by atoms with Crippen LogP contribution in [0.2, 0.25) is 0 Å². The molecule has 5 nitrogen and oxygen atoms in total. The van der Waals surface area contributed by atoms with Gasteiger partial charge in [-0.3, -0.25) is 0 Å². The van der Waals surface area contributed by atoms with Crippen LogP contribution in [-0.2, 0) is 16.1 Å². The second-order valence-corrected chi connectivity index (χ2v) is 5.03. The van der Waals surface area contributed by atoms with Crippen molar-refractivity contribution in [2.45, 2.75) is 31.9 Å². The van der Waals surface area contributed by atoms with Crippen molar-refractivity contribution in [1.82, 2.24) is 9.97 Å². The van der Waals surface area contributed by atoms with Gasteiger partial charge in [0.15, 0.2) is 5.82 Å². The maximum atomic E-state index is 5.37. The van der Waals surface area contributed by atoms with Gasteiger partial charge in [-0.05, 0) is 13.3 Å². The zero-order valence-corrected chi connectivity index (χ0v) is 12.8. The van der Waals surface area contributed by atoms with Crippen molar-refractivity contribution in [3.63, 3.8) is 0 Å². The summed E-state index contributed by atoms with van der Waals surface area (Å²) in [7, 11) is 1.70. The quantitative estimate of drug-likeness (QED) is 0.405. The largest absolute Gasteiger partial charge is 0.384 e. The van der Waals surface area contributed by atoms with Crippen LogP contribution in [-0.4, -0.2) is 42.6 Å². The van der Waals surface area contributed by atoms with Crippen molar-refractivity contribution in [2.24, 2.45) is 0 Å². The van der Waals surface area contributed by atoms with E-state index in [2.05, 4.69) is 22.2 Å². The number of nitrogens with zero attached hydrogens (tertiary/aromatic N) is 2. The minimum absolute atomic E-state index is 0.454. The Kier molecular flexibility index (Phi) is 8.53. The van der Waals surface area contributed by atoms with E-state index < -0.39 is 0 Å². The molecular formula is C13H23N3O2S. The van der Waals surface area contributed by atoms with Crippen molar-refractivity contribution < 1.29 is 9.47 Å². The highest BCUT2D eigenvalue weighted by atomic mass is 32.2. The Bertz CT molecular complexity index is 337. The first-order chi connectivity index (χ1) is 9.30. The van der Waals surface area contributed by atoms with Gasteiger partial charge in [0, 0.05) is 32.1 Å². The normalized spacial score (nSPS) is 10.7. The van der Waals surface area contributed by atoms with Gasteiger partial charge in [0.05, 0.1) is 6.61 Å². The van der Waals surface area contributed by atoms with Gasteiger partial charge < -0.3 is 14.8 Å². The number of rotatable bonds is 10. The third kappa shape index (κ3) is 6.75. The summed E-state index contributed by atoms with van der Waals surface area (Å²) in [5, 5.41) is 4.25. The van der Waals surface area contributed by atoms with Crippen LogP contribution in [0, 0.1) is 0 Å². The van der Waals surface area contributed by atoms with Crippen LogP contribution in [0.3, 0.4) is 0 Å². The lowest BCUT2D eigenvalue weighted by Crippen LogP contribution is -2.07. The smallest absolute Gasteiger partial charge is 0.157 e. The third-order valence-corrected chi connectivity index (χ3v) is 3.15. The van der Waals surface area contributed by atoms with Crippen LogP contribution in [0.1, 0.15) is 26.1 Å². The molecule has 1 N–H and O–H groups in total. The van der Waals surface area contributed by atoms with Crippen LogP contribution in [0.4, 0.5) is 5.82 Å². The lowest BCUT2D eigenvalue weighted by atomic mass is 10.4. The van der Waals surface area contributed by atoms with E-state index in [0.717, 1.165) is 35.4 Å². The van der Waals surface area contributed by atoms with E-state index >= 15 is 0 Å². The van der Waals surface area contributed by atoms with Gasteiger partial charge in [0.2, 0.25) is 0 Å². The molecule has 0 amide bonds. The van der Waals surface area contributed by atoms with Gasteiger partial charge in [-0.25, -0.2) is 9.97 Å². The monoisotopic (exact) mass is 285 g/mol. The maximum Gasteiger partial charge on any atom is 0.157 e. The molecule has 108 valence electrons. The van der Waals surface area contributed by atoms with Crippen molar-refractivity contribution in [3.8, 4) is 0 Å². The Morgan fingerprint density at radius 1 is 1.32 bits per heavy atom. The Labute approximate surface area is 119 Å². The van der Waals surface area contributed by atoms with Crippen molar-refractivity contribution in [3.05, 3.63) is 11.9 Å². The molecule has 0 aromatic carbocycles. The average Bonchev–Trinajstić information content (AvgIpc) is 2.43. The molecule has 1 heterocycles. The van der Waals surface area contributed by atoms with Crippen LogP contribution in [0.25, 0.3) is 0 Å². The zero-order chi connectivity index (χ0) is 13.9. The standard InChI is InChI=1S/C13H23N3O2S/c1-4-6-14-11-9-13(19-8-7-17-3)16-12(15-11)10-18-5-2/h9H,4-8,10H2,1-3H3,(H,14,15,16). The SMILES string of the molecule is CCCNc1cc(SCCOC)nc(COCC)n1. The highest BCUT2D eigenvalue weighted by Gasteiger charge is 2.05. The molecule has 19 heavy (non-hydrogen) atoms. The number of ether oxygens (including phenoxy) is 2. The second-order valence-electron chi connectivity index (χ2n) is 3.91. The van der Waals surface area contributed by atoms with Crippen molar-refractivity contribution >= 4 is 17.6 Å². The molecule has 0 spiro atoms. The summed E-state index contributed by atoms with van der Waals surface area (Å²) in [6.45, 7) is 6.84. The number of thioether (sulfide) groups is 1. The summed E-state index contributed by atoms with van der Waals surface area (Å²) in [5.74, 6) is 2.48. The number of hydrogen-bond acceptors (Lipinski definition) is 6. The summed E-state index contributed by atoms with van der Waals surface area (Å²) < 4.78 is 10.4. The van der Waals surface area contributed by atoms with E-state index in [9.17, 15) is 0 Å². The van der Waals surface area contributed by atoms with Gasteiger partial charge >= 0.3 is 0 Å². The van der Waals surface area contributed by atoms with E-state index in [4.69, 9.17) is 9.47 Å². The lowest BCUT2D eigenvalue weighted by molar-refractivity contribution is 0.128. The second kappa shape index (κ2) is 10.00. The Morgan fingerprint density at radius 2 is 2.16 bits per heavy atom. The van der Waals surface area contributed by atoms with Gasteiger partial charge in [0.1, 0.15) is 17.5 Å². The molecule has 1 rings (SSSR count). The van der Waals surface area contributed by atoms with Gasteiger partial charge in [-0.2, -0.15) is 0 Å². The number of hydrogen-bond donors (Lipinski definition) is 1. The third-order valence-electron chi connectivity index (χ3n) is 2.28. The first kappa shape index (κ1) is 16.2. The highest BCUT2D eigenvalue weighted by Crippen LogP contribution is 2.19. The fraction of sp³-hybridized carbons (Fsp3) is 0.692. The first-order valence-electron chi connectivity index (χ1n) is 6.61. The van der Waals surface area contributed by atoms with Gasteiger partial charge in [-0.1, -0.05) is 6.92 Å². The number of aromatic nitrogens is 2. The fourth-order valence-electron chi connectivity index (χ4n) is 1.38. The van der Waals surface area contributed by atoms with Crippen LogP contribution >= 0.6 is 11.8 Å². The fourth-order valence-corrected chi connectivity index (χ4v) is 2.20. The molecule has 0 aliphatic carbocycles. The van der Waals surface area contributed by atoms with Crippen LogP contribution in [0.15, 0.2) is 11.1 Å². The molecule has 1 aromatic rings. The molecule has 0 atom stereocenters. The molecular weight excluding hydrogens is 262 g/mol. The topological polar surface area (TPSA) is 56.3 Å². The van der Waals surface area contributed by atoms with E-state index in [0.29, 0.717) is 19.8 Å². The van der Waals surface area contributed by atoms with E-state index in [1.165, 1.54) is 0 Å². The maximum absolute atomic E-state index is 5.37. The van der Waals surface area contributed by atoms with Crippen molar-refractivity contribution in [2.75, 3.05) is 37.9 Å². The zero-order valence-electron chi connectivity index (χ0n) is 11.9. The molecule has 0 radical (unpaired) electrons. The summed E-state index contributed by atoms with van der Waals surface area (Å²) >= 11 is 1.67. The number of methoxy groups -OCH3 is 1. The number of anilines is 1. The minimum atomic E-state index is 0.454. The Hall–Kier alpha value is -0.850. The first-order valence-corrected chi connectivity index (χ1v) is 7.60. The summed E-state index contributed by atoms with van der Waals surface area (Å²) in [6.07, 6.45) is 1.07. The molecule has 0 bridgehead atoms. The molecule has 0 aliphatic rings. The Balaban J connectivity index is 2.70. The molecule has 0 unspecified atom stereocenters. The molecule has 0 fully saturated rings. The summed E-state index contributed by atoms with van der Waals surface area (Å²) in [5.41, 5.74) is 0. The molecule has 0 aliphatic heterocycles. The Morgan fingerprint density at radius 3 is 2.84 bits per heavy atom. The average molecular weight is 285 g/mol. The van der Waals surface area contributed by atoms with Gasteiger partial charge in [-0.15, -0.1) is 11.8 Å². The molecule has 0 saturated heterocycles. The highest BCUT2D eigenvalue weighted by molar-refractivity contribution is 7.99. The summed E-state index contributed by atoms with van der Waals surface area (Å²) in [4.78, 5) is 8.93. The van der Waals surface area contributed by atoms with Crippen LogP contribution in [0.5, 0.6) is 0 Å². The van der Waals surface area contributed by atoms with Crippen molar-refractivity contribution in [1.29, 1.82) is 0 Å².